The zero-order chi connectivity index (χ0) is 9.28. The van der Waals surface area contributed by atoms with E-state index < -0.39 is 20.6 Å². The Labute approximate surface area is 67.7 Å². The zero-order valence-corrected chi connectivity index (χ0v) is 7.77. The first kappa shape index (κ1) is 14.7. The normalized spacial score (nSPS) is 19.1. The lowest BCUT2D eigenvalue weighted by Gasteiger charge is -2.15. The van der Waals surface area contributed by atoms with Crippen LogP contribution in [0.1, 0.15) is 6.92 Å². The number of hydrogen-bond acceptors (Lipinski definition) is 4. The van der Waals surface area contributed by atoms with Gasteiger partial charge in [0.2, 0.25) is 0 Å². The summed E-state index contributed by atoms with van der Waals surface area (Å²) in [6.45, 7) is 0.803. The van der Waals surface area contributed by atoms with Gasteiger partial charge in [-0.1, -0.05) is 0 Å². The highest BCUT2D eigenvalue weighted by atomic mass is 31.2. The molecule has 0 aromatic carbocycles. The summed E-state index contributed by atoms with van der Waals surface area (Å²) in [5, 5.41) is 5.85. The van der Waals surface area contributed by atoms with Crippen molar-refractivity contribution in [2.75, 3.05) is 0 Å². The minimum Gasteiger partial charge on any atom is -0.412 e. The van der Waals surface area contributed by atoms with Crippen molar-refractivity contribution in [1.29, 1.82) is 0 Å². The highest BCUT2D eigenvalue weighted by Gasteiger charge is 2.41. The van der Waals surface area contributed by atoms with E-state index in [2.05, 4.69) is 4.67 Å². The van der Waals surface area contributed by atoms with Gasteiger partial charge in [0.15, 0.2) is 5.40 Å². The standard InChI is InChI=1S/C2H8O7P2.H2O/c1-2(10(4,5)6)11(7,8)9-3;/h2-3H,1H3,(H,7,8)(H2,4,5,6);1H2. The van der Waals surface area contributed by atoms with Gasteiger partial charge in [-0.2, -0.15) is 4.67 Å². The van der Waals surface area contributed by atoms with Crippen molar-refractivity contribution >= 4 is 15.2 Å². The van der Waals surface area contributed by atoms with E-state index in [0.717, 1.165) is 6.92 Å². The first-order chi connectivity index (χ1) is 4.72. The van der Waals surface area contributed by atoms with E-state index in [4.69, 9.17) is 19.9 Å². The molecule has 0 amide bonds. The van der Waals surface area contributed by atoms with Crippen LogP contribution in [0.3, 0.4) is 0 Å². The van der Waals surface area contributed by atoms with Crippen molar-refractivity contribution in [3.8, 4) is 0 Å². The molecule has 0 aliphatic rings. The minimum atomic E-state index is -4.69. The second kappa shape index (κ2) is 4.45. The average molecular weight is 224 g/mol. The van der Waals surface area contributed by atoms with Crippen molar-refractivity contribution in [3.63, 3.8) is 0 Å². The van der Waals surface area contributed by atoms with Crippen LogP contribution in [0.15, 0.2) is 0 Å². The van der Waals surface area contributed by atoms with Crippen LogP contribution < -0.4 is 0 Å². The molecule has 0 bridgehead atoms. The molecule has 2 atom stereocenters. The highest BCUT2D eigenvalue weighted by Crippen LogP contribution is 2.61. The van der Waals surface area contributed by atoms with E-state index in [0.29, 0.717) is 0 Å². The summed E-state index contributed by atoms with van der Waals surface area (Å²) < 4.78 is 23.9. The quantitative estimate of drug-likeness (QED) is 0.282. The van der Waals surface area contributed by atoms with Gasteiger partial charge >= 0.3 is 15.2 Å². The number of hydrogen-bond donors (Lipinski definition) is 4. The van der Waals surface area contributed by atoms with Crippen molar-refractivity contribution in [1.82, 2.24) is 0 Å². The molecular formula is C2H10O8P2. The molecule has 0 aliphatic heterocycles. The van der Waals surface area contributed by atoms with Crippen molar-refractivity contribution < 1.29 is 39.2 Å². The summed E-state index contributed by atoms with van der Waals surface area (Å²) in [6.07, 6.45) is 0. The molecule has 76 valence electrons. The van der Waals surface area contributed by atoms with Crippen LogP contribution in [-0.2, 0) is 13.8 Å². The van der Waals surface area contributed by atoms with Gasteiger partial charge in [-0.25, -0.2) is 5.26 Å². The Morgan fingerprint density at radius 1 is 1.25 bits per heavy atom. The van der Waals surface area contributed by atoms with E-state index >= 15 is 0 Å². The van der Waals surface area contributed by atoms with Gasteiger partial charge < -0.3 is 20.2 Å². The van der Waals surface area contributed by atoms with Crippen LogP contribution in [0.4, 0.5) is 0 Å². The molecule has 10 heteroatoms. The van der Waals surface area contributed by atoms with Crippen LogP contribution in [0.25, 0.3) is 0 Å². The lowest BCUT2D eigenvalue weighted by atomic mass is 11.0. The summed E-state index contributed by atoms with van der Waals surface area (Å²) in [7, 11) is -9.29. The lowest BCUT2D eigenvalue weighted by Crippen LogP contribution is -2.05. The van der Waals surface area contributed by atoms with E-state index in [1.54, 1.807) is 0 Å². The predicted molar refractivity (Wildman–Crippen MR) is 38.7 cm³/mol. The molecule has 0 aromatic heterocycles. The van der Waals surface area contributed by atoms with Crippen molar-refractivity contribution in [2.24, 2.45) is 0 Å². The molecule has 2 unspecified atom stereocenters. The molecule has 0 fully saturated rings. The molecule has 0 saturated heterocycles. The minimum absolute atomic E-state index is 0. The van der Waals surface area contributed by atoms with Crippen LogP contribution in [0, 0.1) is 0 Å². The van der Waals surface area contributed by atoms with Crippen molar-refractivity contribution in [3.05, 3.63) is 0 Å². The molecule has 0 aliphatic carbocycles. The lowest BCUT2D eigenvalue weighted by molar-refractivity contribution is -0.146. The van der Waals surface area contributed by atoms with Gasteiger partial charge in [-0.15, -0.1) is 0 Å². The van der Waals surface area contributed by atoms with Crippen LogP contribution in [0.2, 0.25) is 0 Å². The Bertz CT molecular complexity index is 217. The Balaban J connectivity index is 0. The maximum Gasteiger partial charge on any atom is 0.369 e. The van der Waals surface area contributed by atoms with Gasteiger partial charge in [-0.3, -0.25) is 9.13 Å². The van der Waals surface area contributed by atoms with Gasteiger partial charge in [-0.05, 0) is 6.92 Å². The second-order valence-electron chi connectivity index (χ2n) is 1.87. The molecule has 0 radical (unpaired) electrons. The third kappa shape index (κ3) is 3.75. The summed E-state index contributed by atoms with van der Waals surface area (Å²) in [5.41, 5.74) is 0. The van der Waals surface area contributed by atoms with Gasteiger partial charge in [0.05, 0.1) is 0 Å². The SMILES string of the molecule is CC(P(=O)(O)O)P(=O)(O)OO.O. The molecule has 0 saturated carbocycles. The fraction of sp³-hybridized carbons (Fsp3) is 1.00. The fourth-order valence-electron chi connectivity index (χ4n) is 0.258. The van der Waals surface area contributed by atoms with Crippen LogP contribution in [0.5, 0.6) is 0 Å². The molecule has 0 heterocycles. The van der Waals surface area contributed by atoms with Crippen LogP contribution >= 0.6 is 15.2 Å². The topological polar surface area (TPSA) is 156 Å². The van der Waals surface area contributed by atoms with Gasteiger partial charge in [0.1, 0.15) is 0 Å². The maximum atomic E-state index is 10.5. The Morgan fingerprint density at radius 3 is 1.67 bits per heavy atom. The third-order valence-electron chi connectivity index (χ3n) is 1.08. The molecule has 0 rings (SSSR count). The fourth-order valence-corrected chi connectivity index (χ4v) is 2.04. The molecule has 8 nitrogen and oxygen atoms in total. The molecular weight excluding hydrogens is 214 g/mol. The number of rotatable bonds is 3. The maximum absolute atomic E-state index is 10.5. The largest absolute Gasteiger partial charge is 0.412 e. The molecule has 12 heavy (non-hydrogen) atoms. The smallest absolute Gasteiger partial charge is 0.369 e. The predicted octanol–water partition coefficient (Wildman–Crippen LogP) is -0.640. The summed E-state index contributed by atoms with van der Waals surface area (Å²) in [5.74, 6) is 0. The first-order valence-corrected chi connectivity index (χ1v) is 5.75. The Morgan fingerprint density at radius 2 is 1.58 bits per heavy atom. The highest BCUT2D eigenvalue weighted by molar-refractivity contribution is 7.71. The summed E-state index contributed by atoms with van der Waals surface area (Å²) in [6, 6.07) is 0. The zero-order valence-electron chi connectivity index (χ0n) is 5.99. The Kier molecular flexibility index (Phi) is 5.47. The summed E-state index contributed by atoms with van der Waals surface area (Å²) >= 11 is 0. The van der Waals surface area contributed by atoms with E-state index in [1.165, 1.54) is 0 Å². The second-order valence-corrected chi connectivity index (χ2v) is 6.29. The van der Waals surface area contributed by atoms with Crippen LogP contribution in [-0.4, -0.2) is 30.8 Å². The first-order valence-electron chi connectivity index (χ1n) is 2.42. The van der Waals surface area contributed by atoms with Crippen molar-refractivity contribution in [2.45, 2.75) is 12.3 Å². The molecule has 0 aromatic rings. The van der Waals surface area contributed by atoms with E-state index in [9.17, 15) is 9.13 Å². The monoisotopic (exact) mass is 224 g/mol. The van der Waals surface area contributed by atoms with Gasteiger partial charge in [0, 0.05) is 0 Å². The summed E-state index contributed by atoms with van der Waals surface area (Å²) in [4.78, 5) is 25.2. The Hall–Kier alpha value is 0.220. The molecule has 6 N–H and O–H groups in total. The van der Waals surface area contributed by atoms with E-state index in [1.807, 2.05) is 0 Å². The average Bonchev–Trinajstić information content (AvgIpc) is 1.84. The molecule has 0 spiro atoms. The third-order valence-corrected chi connectivity index (χ3v) is 5.01. The van der Waals surface area contributed by atoms with Gasteiger partial charge in [0.25, 0.3) is 0 Å². The van der Waals surface area contributed by atoms with E-state index in [-0.39, 0.29) is 5.48 Å².